The van der Waals surface area contributed by atoms with Crippen LogP contribution in [0.25, 0.3) is 16.8 Å². The molecule has 0 saturated heterocycles. The standard InChI is InChI=1S/C23H20FN3O4S2/c1-4-30-22(28)18-13(3)19(23(29)31-5-2)33-21(18)26-11-15(10-25)20-27-17(12-32-20)14-6-8-16(24)9-7-14/h6-9,11-12,26H,4-5H2,1-3H3/b15-11-. The summed E-state index contributed by atoms with van der Waals surface area (Å²) < 4.78 is 23.4. The Morgan fingerprint density at radius 3 is 2.48 bits per heavy atom. The van der Waals surface area contributed by atoms with Gasteiger partial charge in [0.05, 0.1) is 24.5 Å². The maximum absolute atomic E-state index is 13.2. The van der Waals surface area contributed by atoms with Crippen LogP contribution >= 0.6 is 22.7 Å². The van der Waals surface area contributed by atoms with Gasteiger partial charge < -0.3 is 14.8 Å². The molecule has 3 aromatic rings. The van der Waals surface area contributed by atoms with Crippen LogP contribution in [0.4, 0.5) is 9.39 Å². The molecule has 33 heavy (non-hydrogen) atoms. The molecule has 0 bridgehead atoms. The van der Waals surface area contributed by atoms with Crippen molar-refractivity contribution in [1.29, 1.82) is 5.26 Å². The highest BCUT2D eigenvalue weighted by Gasteiger charge is 2.26. The SMILES string of the molecule is CCOC(=O)c1sc(N/C=C(/C#N)c2nc(-c3ccc(F)cc3)cs2)c(C(=O)OCC)c1C. The quantitative estimate of drug-likeness (QED) is 0.325. The fourth-order valence-corrected chi connectivity index (χ4v) is 4.74. The van der Waals surface area contributed by atoms with Crippen LogP contribution in [0.1, 0.15) is 44.4 Å². The van der Waals surface area contributed by atoms with Crippen LogP contribution in [0, 0.1) is 24.1 Å². The number of nitrogens with zero attached hydrogens (tertiary/aromatic N) is 2. The van der Waals surface area contributed by atoms with E-state index in [1.54, 1.807) is 38.3 Å². The van der Waals surface area contributed by atoms with E-state index in [2.05, 4.69) is 16.4 Å². The van der Waals surface area contributed by atoms with Gasteiger partial charge in [-0.15, -0.1) is 22.7 Å². The Morgan fingerprint density at radius 1 is 1.18 bits per heavy atom. The lowest BCUT2D eigenvalue weighted by molar-refractivity contribution is 0.0527. The average Bonchev–Trinajstić information content (AvgIpc) is 3.40. The van der Waals surface area contributed by atoms with Crippen LogP contribution in [0.15, 0.2) is 35.8 Å². The van der Waals surface area contributed by atoms with Gasteiger partial charge in [-0.2, -0.15) is 5.26 Å². The number of anilines is 1. The topological polar surface area (TPSA) is 101 Å². The summed E-state index contributed by atoms with van der Waals surface area (Å²) >= 11 is 2.30. The number of thiazole rings is 1. The maximum atomic E-state index is 13.2. The third-order valence-electron chi connectivity index (χ3n) is 4.43. The predicted octanol–water partition coefficient (Wildman–Crippen LogP) is 5.65. The van der Waals surface area contributed by atoms with E-state index in [-0.39, 0.29) is 35.0 Å². The number of rotatable bonds is 8. The van der Waals surface area contributed by atoms with E-state index in [1.165, 1.54) is 29.7 Å². The minimum absolute atomic E-state index is 0.173. The lowest BCUT2D eigenvalue weighted by Gasteiger charge is -2.05. The first-order valence-corrected chi connectivity index (χ1v) is 11.6. The van der Waals surface area contributed by atoms with E-state index in [1.807, 2.05) is 0 Å². The first-order valence-electron chi connectivity index (χ1n) is 9.95. The van der Waals surface area contributed by atoms with Crippen molar-refractivity contribution in [3.8, 4) is 17.3 Å². The zero-order valence-corrected chi connectivity index (χ0v) is 19.7. The average molecular weight is 486 g/mol. The highest BCUT2D eigenvalue weighted by molar-refractivity contribution is 7.18. The zero-order chi connectivity index (χ0) is 24.0. The van der Waals surface area contributed by atoms with Gasteiger partial charge in [-0.1, -0.05) is 0 Å². The van der Waals surface area contributed by atoms with E-state index >= 15 is 0 Å². The van der Waals surface area contributed by atoms with Gasteiger partial charge in [-0.3, -0.25) is 0 Å². The second kappa shape index (κ2) is 10.8. The third-order valence-corrected chi connectivity index (χ3v) is 6.51. The summed E-state index contributed by atoms with van der Waals surface area (Å²) in [4.78, 5) is 29.6. The molecule has 7 nitrogen and oxygen atoms in total. The number of hydrogen-bond donors (Lipinski definition) is 1. The van der Waals surface area contributed by atoms with Crippen molar-refractivity contribution in [2.75, 3.05) is 18.5 Å². The number of carbonyl (C=O) groups is 2. The van der Waals surface area contributed by atoms with Crippen molar-refractivity contribution >= 4 is 45.2 Å². The minimum Gasteiger partial charge on any atom is -0.462 e. The molecule has 0 aliphatic heterocycles. The molecule has 0 amide bonds. The second-order valence-electron chi connectivity index (χ2n) is 6.56. The van der Waals surface area contributed by atoms with E-state index in [4.69, 9.17) is 9.47 Å². The number of ether oxygens (including phenoxy) is 2. The van der Waals surface area contributed by atoms with E-state index in [9.17, 15) is 19.2 Å². The summed E-state index contributed by atoms with van der Waals surface area (Å²) in [5.41, 5.74) is 2.22. The molecule has 0 spiro atoms. The van der Waals surface area contributed by atoms with Crippen molar-refractivity contribution in [2.24, 2.45) is 0 Å². The van der Waals surface area contributed by atoms with Crippen LogP contribution in [0.2, 0.25) is 0 Å². The van der Waals surface area contributed by atoms with Crippen molar-refractivity contribution in [1.82, 2.24) is 4.98 Å². The van der Waals surface area contributed by atoms with Gasteiger partial charge >= 0.3 is 11.9 Å². The monoisotopic (exact) mass is 485 g/mol. The number of nitriles is 1. The van der Waals surface area contributed by atoms with Crippen LogP contribution in [-0.4, -0.2) is 30.1 Å². The molecule has 0 radical (unpaired) electrons. The number of hydrogen-bond acceptors (Lipinski definition) is 9. The fraction of sp³-hybridized carbons (Fsp3) is 0.217. The molecular formula is C23H20FN3O4S2. The summed E-state index contributed by atoms with van der Waals surface area (Å²) in [5, 5.41) is 15.2. The molecule has 2 aromatic heterocycles. The third kappa shape index (κ3) is 5.45. The summed E-state index contributed by atoms with van der Waals surface area (Å²) in [7, 11) is 0. The van der Waals surface area contributed by atoms with Crippen LogP contribution in [0.3, 0.4) is 0 Å². The molecule has 0 aliphatic rings. The Bertz CT molecular complexity index is 1240. The molecule has 3 rings (SSSR count). The Kier molecular flexibility index (Phi) is 7.92. The number of thiophene rings is 1. The van der Waals surface area contributed by atoms with Crippen molar-refractivity contribution < 1.29 is 23.5 Å². The van der Waals surface area contributed by atoms with E-state index < -0.39 is 11.9 Å². The Labute approximate surface area is 198 Å². The highest BCUT2D eigenvalue weighted by atomic mass is 32.1. The zero-order valence-electron chi connectivity index (χ0n) is 18.1. The molecule has 0 saturated carbocycles. The molecule has 170 valence electrons. The number of halogens is 1. The molecule has 10 heteroatoms. The predicted molar refractivity (Wildman–Crippen MR) is 126 cm³/mol. The first-order chi connectivity index (χ1) is 15.9. The lowest BCUT2D eigenvalue weighted by Crippen LogP contribution is -2.09. The Balaban J connectivity index is 1.93. The van der Waals surface area contributed by atoms with Gasteiger partial charge in [-0.25, -0.2) is 19.0 Å². The molecule has 0 unspecified atom stereocenters. The molecular weight excluding hydrogens is 465 g/mol. The number of nitrogens with one attached hydrogen (secondary N) is 1. The van der Waals surface area contributed by atoms with Crippen molar-refractivity contribution in [3.63, 3.8) is 0 Å². The molecule has 1 N–H and O–H groups in total. The smallest absolute Gasteiger partial charge is 0.348 e. The molecule has 0 atom stereocenters. The minimum atomic E-state index is -0.580. The summed E-state index contributed by atoms with van der Waals surface area (Å²) in [6.07, 6.45) is 1.43. The Hall–Kier alpha value is -3.55. The fourth-order valence-electron chi connectivity index (χ4n) is 2.89. The largest absolute Gasteiger partial charge is 0.462 e. The van der Waals surface area contributed by atoms with Gasteiger partial charge in [0.2, 0.25) is 0 Å². The molecule has 0 fully saturated rings. The number of benzene rings is 1. The van der Waals surface area contributed by atoms with Crippen LogP contribution < -0.4 is 5.32 Å². The number of allylic oxidation sites excluding steroid dienone is 1. The number of esters is 2. The van der Waals surface area contributed by atoms with Gasteiger partial charge in [0, 0.05) is 17.1 Å². The number of carbonyl (C=O) groups excluding carboxylic acids is 2. The summed E-state index contributed by atoms with van der Waals surface area (Å²) in [5.74, 6) is -1.46. The van der Waals surface area contributed by atoms with Crippen LogP contribution in [0.5, 0.6) is 0 Å². The molecule has 0 aliphatic carbocycles. The first kappa shape index (κ1) is 24.1. The summed E-state index contributed by atoms with van der Waals surface area (Å²) in [6, 6.07) is 7.99. The maximum Gasteiger partial charge on any atom is 0.348 e. The van der Waals surface area contributed by atoms with Crippen molar-refractivity contribution in [3.05, 3.63) is 62.7 Å². The number of aromatic nitrogens is 1. The van der Waals surface area contributed by atoms with Gasteiger partial charge in [-0.05, 0) is 50.6 Å². The van der Waals surface area contributed by atoms with Gasteiger partial charge in [0.1, 0.15) is 32.3 Å². The van der Waals surface area contributed by atoms with E-state index in [0.29, 0.717) is 21.3 Å². The van der Waals surface area contributed by atoms with Crippen LogP contribution in [-0.2, 0) is 9.47 Å². The highest BCUT2D eigenvalue weighted by Crippen LogP contribution is 2.35. The summed E-state index contributed by atoms with van der Waals surface area (Å²) in [6.45, 7) is 5.40. The van der Waals surface area contributed by atoms with E-state index in [0.717, 1.165) is 16.9 Å². The lowest BCUT2D eigenvalue weighted by atomic mass is 10.1. The van der Waals surface area contributed by atoms with Gasteiger partial charge in [0.25, 0.3) is 0 Å². The van der Waals surface area contributed by atoms with Gasteiger partial charge in [0.15, 0.2) is 0 Å². The molecule has 1 aromatic carbocycles. The molecule has 2 heterocycles. The second-order valence-corrected chi connectivity index (χ2v) is 8.44. The van der Waals surface area contributed by atoms with Crippen molar-refractivity contribution in [2.45, 2.75) is 20.8 Å². The normalized spacial score (nSPS) is 11.1. The Morgan fingerprint density at radius 2 is 1.85 bits per heavy atom.